The van der Waals surface area contributed by atoms with Crippen molar-refractivity contribution in [2.24, 2.45) is 0 Å². The third-order valence-electron chi connectivity index (χ3n) is 1.96. The zero-order chi connectivity index (χ0) is 11.7. The molecule has 1 atom stereocenters. The molecule has 0 saturated heterocycles. The van der Waals surface area contributed by atoms with Crippen LogP contribution in [-0.2, 0) is 4.79 Å². The highest BCUT2D eigenvalue weighted by Gasteiger charge is 2.15. The first-order valence-electron chi connectivity index (χ1n) is 4.52. The highest BCUT2D eigenvalue weighted by atomic mass is 35.5. The molecular weight excluding hydrogens is 266 g/mol. The molecule has 1 aromatic heterocycles. The molecule has 0 fully saturated rings. The molecule has 1 heterocycles. The Morgan fingerprint density at radius 1 is 1.62 bits per heavy atom. The highest BCUT2D eigenvalue weighted by molar-refractivity contribution is 8.02. The number of aliphatic carboxylic acids is 1. The summed E-state index contributed by atoms with van der Waals surface area (Å²) in [5.41, 5.74) is 0.817. The average Bonchev–Trinajstić information content (AvgIpc) is 2.58. The van der Waals surface area contributed by atoms with E-state index in [9.17, 15) is 4.79 Å². The third kappa shape index (κ3) is 2.48. The number of hydrogen-bond acceptors (Lipinski definition) is 4. The van der Waals surface area contributed by atoms with Crippen LogP contribution in [-0.4, -0.2) is 21.3 Å². The number of hydrogen-bond donors (Lipinski definition) is 1. The van der Waals surface area contributed by atoms with Crippen molar-refractivity contribution in [1.82, 2.24) is 4.98 Å². The fourth-order valence-corrected chi connectivity index (χ4v) is 3.42. The molecule has 84 valence electrons. The molecule has 6 heteroatoms. The van der Waals surface area contributed by atoms with Crippen LogP contribution >= 0.6 is 34.7 Å². The van der Waals surface area contributed by atoms with E-state index in [1.54, 1.807) is 19.1 Å². The van der Waals surface area contributed by atoms with Crippen LogP contribution in [0.4, 0.5) is 0 Å². The lowest BCUT2D eigenvalue weighted by molar-refractivity contribution is -0.136. The van der Waals surface area contributed by atoms with Gasteiger partial charge in [0.1, 0.15) is 5.25 Å². The van der Waals surface area contributed by atoms with E-state index >= 15 is 0 Å². The molecule has 0 radical (unpaired) electrons. The number of carboxylic acids is 1. The number of carbonyl (C=O) groups is 1. The summed E-state index contributed by atoms with van der Waals surface area (Å²) in [7, 11) is 0. The standard InChI is InChI=1S/C10H8ClNO2S2/c1-5(9(13)14)15-10-12-7-4-6(11)2-3-8(7)16-10/h2-5H,1H3,(H,13,14)/t5-/m1/s1. The van der Waals surface area contributed by atoms with Crippen molar-refractivity contribution in [1.29, 1.82) is 0 Å². The number of thioether (sulfide) groups is 1. The summed E-state index contributed by atoms with van der Waals surface area (Å²) in [6.45, 7) is 1.64. The number of benzene rings is 1. The molecule has 0 unspecified atom stereocenters. The van der Waals surface area contributed by atoms with Crippen LogP contribution in [0.25, 0.3) is 10.2 Å². The monoisotopic (exact) mass is 273 g/mol. The predicted octanol–water partition coefficient (Wildman–Crippen LogP) is 3.51. The maximum absolute atomic E-state index is 10.7. The van der Waals surface area contributed by atoms with Gasteiger partial charge in [-0.1, -0.05) is 23.4 Å². The van der Waals surface area contributed by atoms with Gasteiger partial charge in [-0.25, -0.2) is 4.98 Å². The Bertz CT molecular complexity index is 541. The molecule has 2 rings (SSSR count). The van der Waals surface area contributed by atoms with E-state index in [4.69, 9.17) is 16.7 Å². The van der Waals surface area contributed by atoms with E-state index in [0.717, 1.165) is 14.6 Å². The van der Waals surface area contributed by atoms with Gasteiger partial charge in [0.25, 0.3) is 0 Å². The molecule has 0 spiro atoms. The van der Waals surface area contributed by atoms with Crippen molar-refractivity contribution in [3.63, 3.8) is 0 Å². The van der Waals surface area contributed by atoms with Gasteiger partial charge in [0.05, 0.1) is 10.2 Å². The van der Waals surface area contributed by atoms with Gasteiger partial charge in [-0.2, -0.15) is 0 Å². The largest absolute Gasteiger partial charge is 0.480 e. The Hall–Kier alpha value is -0.780. The van der Waals surface area contributed by atoms with E-state index in [0.29, 0.717) is 5.02 Å². The SMILES string of the molecule is C[C@@H](Sc1nc2cc(Cl)ccc2s1)C(=O)O. The summed E-state index contributed by atoms with van der Waals surface area (Å²) >= 11 is 8.58. The predicted molar refractivity (Wildman–Crippen MR) is 67.6 cm³/mol. The smallest absolute Gasteiger partial charge is 0.316 e. The second kappa shape index (κ2) is 4.61. The van der Waals surface area contributed by atoms with Crippen molar-refractivity contribution in [3.8, 4) is 0 Å². The lowest BCUT2D eigenvalue weighted by Crippen LogP contribution is -2.10. The van der Waals surface area contributed by atoms with Crippen LogP contribution in [0.3, 0.4) is 0 Å². The lowest BCUT2D eigenvalue weighted by Gasteiger charge is -2.00. The summed E-state index contributed by atoms with van der Waals surface area (Å²) in [6, 6.07) is 5.48. The molecule has 1 N–H and O–H groups in total. The van der Waals surface area contributed by atoms with Crippen molar-refractivity contribution in [2.75, 3.05) is 0 Å². The lowest BCUT2D eigenvalue weighted by atomic mass is 10.3. The van der Waals surface area contributed by atoms with Crippen LogP contribution in [0.1, 0.15) is 6.92 Å². The molecule has 0 amide bonds. The van der Waals surface area contributed by atoms with Gasteiger partial charge < -0.3 is 5.11 Å². The minimum absolute atomic E-state index is 0.490. The van der Waals surface area contributed by atoms with Gasteiger partial charge in [-0.3, -0.25) is 4.79 Å². The highest BCUT2D eigenvalue weighted by Crippen LogP contribution is 2.33. The summed E-state index contributed by atoms with van der Waals surface area (Å²) in [5.74, 6) is -0.831. The maximum atomic E-state index is 10.7. The first-order chi connectivity index (χ1) is 7.56. The van der Waals surface area contributed by atoms with Crippen LogP contribution in [0.5, 0.6) is 0 Å². The van der Waals surface area contributed by atoms with E-state index in [1.165, 1.54) is 23.1 Å². The van der Waals surface area contributed by atoms with Crippen LogP contribution in [0, 0.1) is 0 Å². The van der Waals surface area contributed by atoms with Gasteiger partial charge in [-0.15, -0.1) is 11.3 Å². The van der Waals surface area contributed by atoms with Crippen molar-refractivity contribution < 1.29 is 9.90 Å². The number of nitrogens with zero attached hydrogens (tertiary/aromatic N) is 1. The second-order valence-electron chi connectivity index (χ2n) is 3.19. The average molecular weight is 274 g/mol. The van der Waals surface area contributed by atoms with Gasteiger partial charge in [-0.05, 0) is 25.1 Å². The number of thiazole rings is 1. The molecule has 0 bridgehead atoms. The number of halogens is 1. The van der Waals surface area contributed by atoms with Crippen LogP contribution < -0.4 is 0 Å². The molecule has 0 aliphatic heterocycles. The van der Waals surface area contributed by atoms with Crippen LogP contribution in [0.15, 0.2) is 22.5 Å². The van der Waals surface area contributed by atoms with Gasteiger partial charge in [0.2, 0.25) is 0 Å². The van der Waals surface area contributed by atoms with Gasteiger partial charge >= 0.3 is 5.97 Å². The maximum Gasteiger partial charge on any atom is 0.316 e. The number of aromatic nitrogens is 1. The number of carboxylic acid groups (broad SMARTS) is 1. The number of rotatable bonds is 3. The zero-order valence-corrected chi connectivity index (χ0v) is 10.7. The zero-order valence-electron chi connectivity index (χ0n) is 8.31. The molecule has 3 nitrogen and oxygen atoms in total. The third-order valence-corrected chi connectivity index (χ3v) is 4.41. The first kappa shape index (κ1) is 11.7. The molecule has 1 aromatic carbocycles. The van der Waals surface area contributed by atoms with Gasteiger partial charge in [0, 0.05) is 5.02 Å². The number of fused-ring (bicyclic) bond motifs is 1. The van der Waals surface area contributed by atoms with E-state index in [-0.39, 0.29) is 0 Å². The fourth-order valence-electron chi connectivity index (χ4n) is 1.13. The minimum atomic E-state index is -0.831. The molecular formula is C10H8ClNO2S2. The normalized spacial score (nSPS) is 12.9. The summed E-state index contributed by atoms with van der Waals surface area (Å²) in [5, 5.41) is 8.95. The Labute approximate surface area is 105 Å². The summed E-state index contributed by atoms with van der Waals surface area (Å²) in [4.78, 5) is 15.0. The molecule has 0 aliphatic rings. The fraction of sp³-hybridized carbons (Fsp3) is 0.200. The second-order valence-corrected chi connectivity index (χ2v) is 6.25. The Kier molecular flexibility index (Phi) is 3.37. The Morgan fingerprint density at radius 3 is 3.06 bits per heavy atom. The summed E-state index contributed by atoms with van der Waals surface area (Å²) < 4.78 is 1.77. The van der Waals surface area contributed by atoms with E-state index in [1.807, 2.05) is 6.07 Å². The summed E-state index contributed by atoms with van der Waals surface area (Å²) in [6.07, 6.45) is 0. The van der Waals surface area contributed by atoms with Crippen molar-refractivity contribution >= 4 is 50.9 Å². The molecule has 2 aromatic rings. The Morgan fingerprint density at radius 2 is 2.38 bits per heavy atom. The first-order valence-corrected chi connectivity index (χ1v) is 6.59. The van der Waals surface area contributed by atoms with Crippen LogP contribution in [0.2, 0.25) is 5.02 Å². The van der Waals surface area contributed by atoms with Gasteiger partial charge in [0.15, 0.2) is 4.34 Å². The molecule has 0 aliphatic carbocycles. The van der Waals surface area contributed by atoms with Crippen molar-refractivity contribution in [3.05, 3.63) is 23.2 Å². The minimum Gasteiger partial charge on any atom is -0.480 e. The Balaban J connectivity index is 2.29. The molecule has 0 saturated carbocycles. The van der Waals surface area contributed by atoms with E-state index in [2.05, 4.69) is 4.98 Å². The molecule has 16 heavy (non-hydrogen) atoms. The van der Waals surface area contributed by atoms with Crippen molar-refractivity contribution in [2.45, 2.75) is 16.5 Å². The topological polar surface area (TPSA) is 50.2 Å². The quantitative estimate of drug-likeness (QED) is 0.870. The van der Waals surface area contributed by atoms with E-state index < -0.39 is 11.2 Å².